The van der Waals surface area contributed by atoms with Crippen LogP contribution >= 0.6 is 0 Å². The fourth-order valence-corrected chi connectivity index (χ4v) is 2.13. The number of hydrogen-bond acceptors (Lipinski definition) is 3. The molecule has 0 aliphatic rings. The van der Waals surface area contributed by atoms with Gasteiger partial charge in [0.1, 0.15) is 5.82 Å². The Kier molecular flexibility index (Phi) is 2.51. The second kappa shape index (κ2) is 3.71. The molecule has 0 N–H and O–H groups in total. The zero-order valence-corrected chi connectivity index (χ0v) is 9.28. The third kappa shape index (κ3) is 1.83. The summed E-state index contributed by atoms with van der Waals surface area (Å²) in [5.41, 5.74) is 0.165. The Hall–Kier alpha value is -1.69. The molecule has 2 aromatic rings. The van der Waals surface area contributed by atoms with E-state index in [0.717, 1.165) is 10.2 Å². The van der Waals surface area contributed by atoms with E-state index < -0.39 is 15.8 Å². The van der Waals surface area contributed by atoms with Gasteiger partial charge in [-0.25, -0.2) is 21.8 Å². The van der Waals surface area contributed by atoms with Crippen LogP contribution in [0.25, 0.3) is 11.4 Å². The summed E-state index contributed by atoms with van der Waals surface area (Å²) in [6, 6.07) is 5.91. The molecular formula is C10H9FN2O2S. The summed E-state index contributed by atoms with van der Waals surface area (Å²) in [5.74, 6) is -0.417. The van der Waals surface area contributed by atoms with Crippen molar-refractivity contribution in [3.05, 3.63) is 42.5 Å². The van der Waals surface area contributed by atoms with Crippen molar-refractivity contribution in [2.45, 2.75) is 0 Å². The van der Waals surface area contributed by atoms with E-state index in [0.29, 0.717) is 0 Å². The summed E-state index contributed by atoms with van der Waals surface area (Å²) < 4.78 is 37.2. The lowest BCUT2D eigenvalue weighted by molar-refractivity contribution is 0.593. The fourth-order valence-electron chi connectivity index (χ4n) is 1.39. The molecule has 4 nitrogen and oxygen atoms in total. The Bertz CT molecular complexity index is 619. The molecule has 0 atom stereocenters. The van der Waals surface area contributed by atoms with Gasteiger partial charge >= 0.3 is 0 Å². The van der Waals surface area contributed by atoms with E-state index in [1.807, 2.05) is 0 Å². The predicted molar refractivity (Wildman–Crippen MR) is 57.9 cm³/mol. The second-order valence-corrected chi connectivity index (χ2v) is 5.15. The highest BCUT2D eigenvalue weighted by atomic mass is 32.2. The maximum atomic E-state index is 13.5. The summed E-state index contributed by atoms with van der Waals surface area (Å²) in [5, 5.41) is 0. The minimum absolute atomic E-state index is 0.0839. The first-order chi connectivity index (χ1) is 7.50. The normalized spacial score (nSPS) is 11.6. The lowest BCUT2D eigenvalue weighted by Crippen LogP contribution is -2.10. The van der Waals surface area contributed by atoms with Crippen molar-refractivity contribution < 1.29 is 12.8 Å². The first kappa shape index (κ1) is 10.8. The molecule has 0 bridgehead atoms. The SMILES string of the molecule is CS(=O)(=O)n1ccnc1-c1ccccc1F. The van der Waals surface area contributed by atoms with Gasteiger partial charge in [0.05, 0.1) is 11.8 Å². The number of halogens is 1. The zero-order valence-electron chi connectivity index (χ0n) is 8.46. The highest BCUT2D eigenvalue weighted by Gasteiger charge is 2.15. The number of rotatable bonds is 2. The molecule has 0 spiro atoms. The topological polar surface area (TPSA) is 52.0 Å². The van der Waals surface area contributed by atoms with Gasteiger partial charge in [0.2, 0.25) is 10.0 Å². The van der Waals surface area contributed by atoms with Crippen LogP contribution in [0, 0.1) is 5.82 Å². The van der Waals surface area contributed by atoms with Crippen LogP contribution in [0.5, 0.6) is 0 Å². The smallest absolute Gasteiger partial charge is 0.236 e. The van der Waals surface area contributed by atoms with E-state index in [1.54, 1.807) is 6.07 Å². The van der Waals surface area contributed by atoms with E-state index in [2.05, 4.69) is 4.98 Å². The molecule has 84 valence electrons. The maximum Gasteiger partial charge on any atom is 0.237 e. The lowest BCUT2D eigenvalue weighted by atomic mass is 10.2. The molecule has 0 aliphatic carbocycles. The van der Waals surface area contributed by atoms with Gasteiger partial charge < -0.3 is 0 Å². The Morgan fingerprint density at radius 3 is 2.62 bits per heavy atom. The van der Waals surface area contributed by atoms with E-state index in [-0.39, 0.29) is 11.4 Å². The maximum absolute atomic E-state index is 13.5. The lowest BCUT2D eigenvalue weighted by Gasteiger charge is -2.05. The summed E-state index contributed by atoms with van der Waals surface area (Å²) in [6.07, 6.45) is 3.65. The molecule has 2 rings (SSSR count). The molecule has 1 aromatic heterocycles. The average Bonchev–Trinajstić information content (AvgIpc) is 2.66. The van der Waals surface area contributed by atoms with Crippen molar-refractivity contribution in [2.24, 2.45) is 0 Å². The van der Waals surface area contributed by atoms with E-state index in [9.17, 15) is 12.8 Å². The summed E-state index contributed by atoms with van der Waals surface area (Å²) in [6.45, 7) is 0. The van der Waals surface area contributed by atoms with Crippen molar-refractivity contribution in [1.82, 2.24) is 8.96 Å². The standard InChI is InChI=1S/C10H9FN2O2S/c1-16(14,15)13-7-6-12-10(13)8-4-2-3-5-9(8)11/h2-7H,1H3. The Morgan fingerprint density at radius 2 is 2.00 bits per heavy atom. The molecule has 0 saturated carbocycles. The van der Waals surface area contributed by atoms with Crippen LogP contribution in [0.2, 0.25) is 0 Å². The number of imidazole rings is 1. The second-order valence-electron chi connectivity index (χ2n) is 3.29. The molecule has 1 aromatic carbocycles. The summed E-state index contributed by atoms with van der Waals surface area (Å²) in [4.78, 5) is 3.86. The van der Waals surface area contributed by atoms with Crippen molar-refractivity contribution in [3.63, 3.8) is 0 Å². The minimum Gasteiger partial charge on any atom is -0.236 e. The number of hydrogen-bond donors (Lipinski definition) is 0. The van der Waals surface area contributed by atoms with Gasteiger partial charge in [-0.3, -0.25) is 0 Å². The van der Waals surface area contributed by atoms with E-state index in [4.69, 9.17) is 0 Å². The minimum atomic E-state index is -3.47. The third-order valence-electron chi connectivity index (χ3n) is 2.08. The molecule has 1 heterocycles. The van der Waals surface area contributed by atoms with Crippen LogP contribution in [-0.2, 0) is 10.0 Å². The van der Waals surface area contributed by atoms with Crippen molar-refractivity contribution in [1.29, 1.82) is 0 Å². The highest BCUT2D eigenvalue weighted by molar-refractivity contribution is 7.89. The molecular weight excluding hydrogens is 231 g/mol. The quantitative estimate of drug-likeness (QED) is 0.799. The predicted octanol–water partition coefficient (Wildman–Crippen LogP) is 1.50. The molecule has 0 fully saturated rings. The van der Waals surface area contributed by atoms with Gasteiger partial charge in [0.15, 0.2) is 5.82 Å². The number of benzene rings is 1. The van der Waals surface area contributed by atoms with Crippen LogP contribution in [-0.4, -0.2) is 23.6 Å². The van der Waals surface area contributed by atoms with Gasteiger partial charge in [0, 0.05) is 12.4 Å². The molecule has 6 heteroatoms. The van der Waals surface area contributed by atoms with Gasteiger partial charge in [-0.15, -0.1) is 0 Å². The first-order valence-corrected chi connectivity index (χ1v) is 6.34. The molecule has 0 unspecified atom stereocenters. The molecule has 0 amide bonds. The Morgan fingerprint density at radius 1 is 1.31 bits per heavy atom. The summed E-state index contributed by atoms with van der Waals surface area (Å²) in [7, 11) is -3.47. The van der Waals surface area contributed by atoms with Gasteiger partial charge in [-0.05, 0) is 12.1 Å². The number of nitrogens with zero attached hydrogens (tertiary/aromatic N) is 2. The highest BCUT2D eigenvalue weighted by Crippen LogP contribution is 2.21. The fraction of sp³-hybridized carbons (Fsp3) is 0.100. The Labute approximate surface area is 92.4 Å². The van der Waals surface area contributed by atoms with Crippen molar-refractivity contribution >= 4 is 10.0 Å². The van der Waals surface area contributed by atoms with Crippen LogP contribution in [0.1, 0.15) is 0 Å². The van der Waals surface area contributed by atoms with Gasteiger partial charge in [0.25, 0.3) is 0 Å². The van der Waals surface area contributed by atoms with Crippen LogP contribution in [0.15, 0.2) is 36.7 Å². The average molecular weight is 240 g/mol. The monoisotopic (exact) mass is 240 g/mol. The molecule has 0 radical (unpaired) electrons. The van der Waals surface area contributed by atoms with Crippen molar-refractivity contribution in [2.75, 3.05) is 6.26 Å². The Balaban J connectivity index is 2.68. The van der Waals surface area contributed by atoms with Crippen molar-refractivity contribution in [3.8, 4) is 11.4 Å². The van der Waals surface area contributed by atoms with E-state index >= 15 is 0 Å². The van der Waals surface area contributed by atoms with Gasteiger partial charge in [-0.1, -0.05) is 12.1 Å². The van der Waals surface area contributed by atoms with E-state index in [1.165, 1.54) is 30.6 Å². The third-order valence-corrected chi connectivity index (χ3v) is 3.09. The van der Waals surface area contributed by atoms with Crippen LogP contribution < -0.4 is 0 Å². The molecule has 0 aliphatic heterocycles. The first-order valence-electron chi connectivity index (χ1n) is 4.49. The largest absolute Gasteiger partial charge is 0.237 e. The molecule has 0 saturated heterocycles. The van der Waals surface area contributed by atoms with Crippen LogP contribution in [0.3, 0.4) is 0 Å². The zero-order chi connectivity index (χ0) is 11.8. The van der Waals surface area contributed by atoms with Gasteiger partial charge in [-0.2, -0.15) is 0 Å². The summed E-state index contributed by atoms with van der Waals surface area (Å²) >= 11 is 0. The molecule has 16 heavy (non-hydrogen) atoms. The van der Waals surface area contributed by atoms with Crippen LogP contribution in [0.4, 0.5) is 4.39 Å². The number of aromatic nitrogens is 2.